The molecule has 1 saturated heterocycles. The van der Waals surface area contributed by atoms with Gasteiger partial charge in [-0.3, -0.25) is 4.90 Å². The van der Waals surface area contributed by atoms with E-state index in [-0.39, 0.29) is 0 Å². The molecule has 3 aliphatic rings. The Kier molecular flexibility index (Phi) is 4.95. The summed E-state index contributed by atoms with van der Waals surface area (Å²) in [5, 5.41) is 3.94. The molecule has 0 spiro atoms. The van der Waals surface area contributed by atoms with Gasteiger partial charge in [-0.25, -0.2) is 0 Å². The van der Waals surface area contributed by atoms with E-state index in [1.165, 1.54) is 71.0 Å². The van der Waals surface area contributed by atoms with Gasteiger partial charge in [0.2, 0.25) is 0 Å². The molecule has 2 heteroatoms. The molecule has 21 heavy (non-hydrogen) atoms. The summed E-state index contributed by atoms with van der Waals surface area (Å²) in [6.45, 7) is 11.2. The Balaban J connectivity index is 1.63. The second kappa shape index (κ2) is 6.58. The van der Waals surface area contributed by atoms with Crippen molar-refractivity contribution < 1.29 is 0 Å². The van der Waals surface area contributed by atoms with Crippen LogP contribution in [0.2, 0.25) is 0 Å². The van der Waals surface area contributed by atoms with Gasteiger partial charge in [0.05, 0.1) is 0 Å². The van der Waals surface area contributed by atoms with E-state index in [0.717, 1.165) is 23.9 Å². The van der Waals surface area contributed by atoms with Gasteiger partial charge in [-0.05, 0) is 42.9 Å². The molecule has 122 valence electrons. The maximum absolute atomic E-state index is 3.94. The lowest BCUT2D eigenvalue weighted by atomic mass is 9.78. The quantitative estimate of drug-likeness (QED) is 0.844. The third-order valence-electron chi connectivity index (χ3n) is 6.38. The van der Waals surface area contributed by atoms with E-state index in [1.54, 1.807) is 0 Å². The number of hydrogen-bond acceptors (Lipinski definition) is 2. The van der Waals surface area contributed by atoms with Crippen LogP contribution in [-0.2, 0) is 0 Å². The lowest BCUT2D eigenvalue weighted by Crippen LogP contribution is -2.63. The number of nitrogens with one attached hydrogen (secondary N) is 1. The average Bonchev–Trinajstić information content (AvgIpc) is 2.42. The summed E-state index contributed by atoms with van der Waals surface area (Å²) in [6.07, 6.45) is 11.8. The predicted molar refractivity (Wildman–Crippen MR) is 90.5 cm³/mol. The minimum Gasteiger partial charge on any atom is -0.311 e. The van der Waals surface area contributed by atoms with E-state index in [1.807, 2.05) is 0 Å². The summed E-state index contributed by atoms with van der Waals surface area (Å²) in [5.74, 6) is 1.95. The summed E-state index contributed by atoms with van der Waals surface area (Å²) in [5.41, 5.74) is 0.397. The first-order chi connectivity index (χ1) is 10.0. The van der Waals surface area contributed by atoms with Gasteiger partial charge in [0.25, 0.3) is 0 Å². The molecule has 1 heterocycles. The van der Waals surface area contributed by atoms with Crippen LogP contribution < -0.4 is 5.32 Å². The first-order valence-corrected chi connectivity index (χ1v) is 9.51. The van der Waals surface area contributed by atoms with Crippen molar-refractivity contribution >= 4 is 0 Å². The standard InChI is InChI=1S/C19H36N2/c1-19(2,3)18-12-20-17(16-10-5-4-6-11-16)14-21(18)13-15-8-7-9-15/h15-18,20H,4-14H2,1-3H3. The molecule has 0 aromatic heterocycles. The number of rotatable bonds is 3. The van der Waals surface area contributed by atoms with Crippen LogP contribution in [0.15, 0.2) is 0 Å². The van der Waals surface area contributed by atoms with Crippen LogP contribution in [0.25, 0.3) is 0 Å². The number of hydrogen-bond donors (Lipinski definition) is 1. The molecule has 3 rings (SSSR count). The molecule has 0 aromatic carbocycles. The van der Waals surface area contributed by atoms with E-state index < -0.39 is 0 Å². The average molecular weight is 293 g/mol. The molecular weight excluding hydrogens is 256 g/mol. The highest BCUT2D eigenvalue weighted by atomic mass is 15.2. The van der Waals surface area contributed by atoms with Crippen molar-refractivity contribution in [3.63, 3.8) is 0 Å². The molecule has 2 saturated carbocycles. The van der Waals surface area contributed by atoms with Gasteiger partial charge in [0.1, 0.15) is 0 Å². The number of piperazine rings is 1. The maximum Gasteiger partial charge on any atom is 0.0269 e. The monoisotopic (exact) mass is 292 g/mol. The van der Waals surface area contributed by atoms with Crippen molar-refractivity contribution in [1.82, 2.24) is 10.2 Å². The Labute approximate surface area is 132 Å². The van der Waals surface area contributed by atoms with Gasteiger partial charge in [0.15, 0.2) is 0 Å². The summed E-state index contributed by atoms with van der Waals surface area (Å²) < 4.78 is 0. The Hall–Kier alpha value is -0.0800. The third kappa shape index (κ3) is 3.82. The minimum atomic E-state index is 0.397. The van der Waals surface area contributed by atoms with Crippen molar-refractivity contribution in [3.05, 3.63) is 0 Å². The van der Waals surface area contributed by atoms with E-state index in [2.05, 4.69) is 31.0 Å². The van der Waals surface area contributed by atoms with Crippen LogP contribution in [0.5, 0.6) is 0 Å². The fraction of sp³-hybridized carbons (Fsp3) is 1.00. The van der Waals surface area contributed by atoms with Crippen molar-refractivity contribution in [2.24, 2.45) is 17.3 Å². The van der Waals surface area contributed by atoms with Gasteiger partial charge < -0.3 is 5.32 Å². The van der Waals surface area contributed by atoms with Crippen molar-refractivity contribution in [2.75, 3.05) is 19.6 Å². The van der Waals surface area contributed by atoms with Crippen LogP contribution in [0.1, 0.15) is 72.1 Å². The van der Waals surface area contributed by atoms with Gasteiger partial charge >= 0.3 is 0 Å². The Morgan fingerprint density at radius 1 is 0.952 bits per heavy atom. The molecule has 0 radical (unpaired) electrons. The van der Waals surface area contributed by atoms with Crippen molar-refractivity contribution in [3.8, 4) is 0 Å². The van der Waals surface area contributed by atoms with Gasteiger partial charge in [-0.1, -0.05) is 46.5 Å². The summed E-state index contributed by atoms with van der Waals surface area (Å²) >= 11 is 0. The molecule has 2 unspecified atom stereocenters. The first kappa shape index (κ1) is 15.8. The third-order valence-corrected chi connectivity index (χ3v) is 6.38. The summed E-state index contributed by atoms with van der Waals surface area (Å²) in [7, 11) is 0. The smallest absolute Gasteiger partial charge is 0.0269 e. The van der Waals surface area contributed by atoms with Crippen LogP contribution >= 0.6 is 0 Å². The predicted octanol–water partition coefficient (Wildman–Crippen LogP) is 4.06. The second-order valence-corrected chi connectivity index (χ2v) is 9.05. The summed E-state index contributed by atoms with van der Waals surface area (Å²) in [4.78, 5) is 2.87. The largest absolute Gasteiger partial charge is 0.311 e. The van der Waals surface area contributed by atoms with Gasteiger partial charge in [-0.15, -0.1) is 0 Å². The Morgan fingerprint density at radius 2 is 1.67 bits per heavy atom. The zero-order valence-corrected chi connectivity index (χ0v) is 14.5. The minimum absolute atomic E-state index is 0.397. The maximum atomic E-state index is 3.94. The molecule has 0 bridgehead atoms. The highest BCUT2D eigenvalue weighted by Gasteiger charge is 2.39. The molecule has 1 aliphatic heterocycles. The highest BCUT2D eigenvalue weighted by molar-refractivity contribution is 4.96. The lowest BCUT2D eigenvalue weighted by Gasteiger charge is -2.50. The van der Waals surface area contributed by atoms with Gasteiger partial charge in [-0.2, -0.15) is 0 Å². The first-order valence-electron chi connectivity index (χ1n) is 9.51. The lowest BCUT2D eigenvalue weighted by molar-refractivity contribution is 0.0170. The molecule has 0 amide bonds. The van der Waals surface area contributed by atoms with E-state index in [4.69, 9.17) is 0 Å². The van der Waals surface area contributed by atoms with Crippen molar-refractivity contribution in [2.45, 2.75) is 84.2 Å². The fourth-order valence-electron chi connectivity index (χ4n) is 4.75. The topological polar surface area (TPSA) is 15.3 Å². The van der Waals surface area contributed by atoms with E-state index >= 15 is 0 Å². The second-order valence-electron chi connectivity index (χ2n) is 9.05. The van der Waals surface area contributed by atoms with Gasteiger partial charge in [0, 0.05) is 31.7 Å². The molecular formula is C19H36N2. The summed E-state index contributed by atoms with van der Waals surface area (Å²) in [6, 6.07) is 1.49. The van der Waals surface area contributed by atoms with Crippen LogP contribution in [0.4, 0.5) is 0 Å². The highest BCUT2D eigenvalue weighted by Crippen LogP contribution is 2.35. The van der Waals surface area contributed by atoms with E-state index in [9.17, 15) is 0 Å². The molecule has 2 atom stereocenters. The SMILES string of the molecule is CC(C)(C)C1CNC(C2CCCCC2)CN1CC1CCC1. The Bertz CT molecular complexity index is 323. The molecule has 1 N–H and O–H groups in total. The van der Waals surface area contributed by atoms with Crippen molar-refractivity contribution in [1.29, 1.82) is 0 Å². The molecule has 3 fully saturated rings. The normalized spacial score (nSPS) is 33.9. The molecule has 2 nitrogen and oxygen atoms in total. The number of nitrogens with zero attached hydrogens (tertiary/aromatic N) is 1. The molecule has 0 aromatic rings. The van der Waals surface area contributed by atoms with E-state index in [0.29, 0.717) is 5.41 Å². The fourth-order valence-corrected chi connectivity index (χ4v) is 4.75. The van der Waals surface area contributed by atoms with Crippen LogP contribution in [-0.4, -0.2) is 36.6 Å². The zero-order valence-electron chi connectivity index (χ0n) is 14.5. The Morgan fingerprint density at radius 3 is 2.24 bits per heavy atom. The van der Waals surface area contributed by atoms with Crippen LogP contribution in [0, 0.1) is 17.3 Å². The van der Waals surface area contributed by atoms with Crippen LogP contribution in [0.3, 0.4) is 0 Å². The molecule has 2 aliphatic carbocycles. The zero-order chi connectivity index (χ0) is 14.9.